The van der Waals surface area contributed by atoms with E-state index >= 15 is 0 Å². The van der Waals surface area contributed by atoms with E-state index in [0.717, 1.165) is 61.6 Å². The lowest BCUT2D eigenvalue weighted by molar-refractivity contribution is -0.137. The highest BCUT2D eigenvalue weighted by Gasteiger charge is 2.30. The summed E-state index contributed by atoms with van der Waals surface area (Å²) in [6.45, 7) is 1.55. The number of thiazole rings is 1. The van der Waals surface area contributed by atoms with Gasteiger partial charge in [0, 0.05) is 31.7 Å². The van der Waals surface area contributed by atoms with Gasteiger partial charge in [-0.3, -0.25) is 9.48 Å². The predicted molar refractivity (Wildman–Crippen MR) is 122 cm³/mol. The first-order valence-corrected chi connectivity index (χ1v) is 11.2. The number of rotatable bonds is 4. The number of nitrogens with one attached hydrogen (secondary N) is 1. The molecular weight excluding hydrogens is 455 g/mol. The third kappa shape index (κ3) is 4.96. The van der Waals surface area contributed by atoms with E-state index in [1.807, 2.05) is 0 Å². The Morgan fingerprint density at radius 2 is 1.94 bits per heavy atom. The third-order valence-corrected chi connectivity index (χ3v) is 6.49. The van der Waals surface area contributed by atoms with Crippen LogP contribution in [-0.2, 0) is 13.2 Å². The highest BCUT2D eigenvalue weighted by molar-refractivity contribution is 7.19. The maximum Gasteiger partial charge on any atom is 0.416 e. The van der Waals surface area contributed by atoms with Crippen LogP contribution < -0.4 is 21.7 Å². The molecule has 12 heteroatoms. The van der Waals surface area contributed by atoms with Crippen LogP contribution >= 0.6 is 11.3 Å². The van der Waals surface area contributed by atoms with E-state index < -0.39 is 17.6 Å². The van der Waals surface area contributed by atoms with Gasteiger partial charge in [-0.2, -0.15) is 18.3 Å². The number of hydrogen-bond donors (Lipinski definition) is 3. The lowest BCUT2D eigenvalue weighted by atomic mass is 10.1. The van der Waals surface area contributed by atoms with Crippen LogP contribution in [0.3, 0.4) is 0 Å². The molecule has 3 heterocycles. The standard InChI is InChI=1S/C21H24F3N7OS/c1-30-20(31-9-2-3-14(25)8-10-31)15(11-27-30)28-18(32)16-17(26)33-19(29-16)12-4-6-13(7-5-12)21(22,23)24/h4-7,11,14H,2-3,8-10,25-26H2,1H3,(H,28,32)/t14-/m1/s1. The van der Waals surface area contributed by atoms with E-state index in [1.54, 1.807) is 17.9 Å². The highest BCUT2D eigenvalue weighted by Crippen LogP contribution is 2.34. The lowest BCUT2D eigenvalue weighted by Crippen LogP contribution is -2.29. The quantitative estimate of drug-likeness (QED) is 0.526. The van der Waals surface area contributed by atoms with Gasteiger partial charge in [0.25, 0.3) is 5.91 Å². The number of nitrogen functional groups attached to an aromatic ring is 1. The number of halogens is 3. The number of anilines is 3. The summed E-state index contributed by atoms with van der Waals surface area (Å²) < 4.78 is 40.1. The number of nitrogens with zero attached hydrogens (tertiary/aromatic N) is 4. The fourth-order valence-electron chi connectivity index (χ4n) is 3.83. The molecule has 0 aliphatic carbocycles. The Kier molecular flexibility index (Phi) is 6.30. The van der Waals surface area contributed by atoms with Gasteiger partial charge in [0.15, 0.2) is 11.5 Å². The van der Waals surface area contributed by atoms with Crippen molar-refractivity contribution in [1.82, 2.24) is 14.8 Å². The van der Waals surface area contributed by atoms with Crippen LogP contribution in [0, 0.1) is 0 Å². The Hall–Kier alpha value is -3.12. The van der Waals surface area contributed by atoms with Crippen LogP contribution in [0.15, 0.2) is 30.5 Å². The van der Waals surface area contributed by atoms with Gasteiger partial charge in [-0.1, -0.05) is 23.5 Å². The lowest BCUT2D eigenvalue weighted by Gasteiger charge is -2.24. The smallest absolute Gasteiger partial charge is 0.389 e. The average Bonchev–Trinajstić information content (AvgIpc) is 3.25. The zero-order valence-corrected chi connectivity index (χ0v) is 18.7. The van der Waals surface area contributed by atoms with Gasteiger partial charge in [0.2, 0.25) is 0 Å². The SMILES string of the molecule is Cn1ncc(NC(=O)c2nc(-c3ccc(C(F)(F)F)cc3)sc2N)c1N1CCC[C@@H](N)CC1. The van der Waals surface area contributed by atoms with Crippen LogP contribution in [0.25, 0.3) is 10.6 Å². The molecule has 33 heavy (non-hydrogen) atoms. The Bertz CT molecular complexity index is 1140. The van der Waals surface area contributed by atoms with Crippen LogP contribution in [0.4, 0.5) is 29.7 Å². The van der Waals surface area contributed by atoms with E-state index in [-0.39, 0.29) is 16.7 Å². The molecular formula is C21H24F3N7OS. The molecule has 5 N–H and O–H groups in total. The largest absolute Gasteiger partial charge is 0.416 e. The molecule has 1 aliphatic heterocycles. The summed E-state index contributed by atoms with van der Waals surface area (Å²) in [5.74, 6) is 0.261. The molecule has 0 unspecified atom stereocenters. The number of alkyl halides is 3. The summed E-state index contributed by atoms with van der Waals surface area (Å²) in [6.07, 6.45) is -0.135. The number of aromatic nitrogens is 3. The number of carbonyl (C=O) groups excluding carboxylic acids is 1. The molecule has 0 saturated carbocycles. The molecule has 0 bridgehead atoms. The Labute approximate surface area is 192 Å². The summed E-state index contributed by atoms with van der Waals surface area (Å²) in [6, 6.07) is 4.72. The van der Waals surface area contributed by atoms with Crippen molar-refractivity contribution < 1.29 is 18.0 Å². The first-order chi connectivity index (χ1) is 15.6. The maximum absolute atomic E-state index is 13.0. The van der Waals surface area contributed by atoms with Gasteiger partial charge < -0.3 is 21.7 Å². The zero-order valence-electron chi connectivity index (χ0n) is 17.9. The zero-order chi connectivity index (χ0) is 23.8. The van der Waals surface area contributed by atoms with Crippen molar-refractivity contribution >= 4 is 33.8 Å². The van der Waals surface area contributed by atoms with Crippen LogP contribution in [0.5, 0.6) is 0 Å². The molecule has 1 saturated heterocycles. The van der Waals surface area contributed by atoms with E-state index in [1.165, 1.54) is 12.1 Å². The monoisotopic (exact) mass is 479 g/mol. The number of nitrogens with two attached hydrogens (primary N) is 2. The van der Waals surface area contributed by atoms with Gasteiger partial charge in [0.05, 0.1) is 11.8 Å². The predicted octanol–water partition coefficient (Wildman–Crippen LogP) is 3.71. The fraction of sp³-hybridized carbons (Fsp3) is 0.381. The first kappa shape index (κ1) is 23.1. The fourth-order valence-corrected chi connectivity index (χ4v) is 4.66. The van der Waals surface area contributed by atoms with Crippen molar-refractivity contribution in [2.75, 3.05) is 29.0 Å². The molecule has 3 aromatic rings. The number of aryl methyl sites for hydroxylation is 1. The molecule has 0 spiro atoms. The summed E-state index contributed by atoms with van der Waals surface area (Å²) in [5.41, 5.74) is 12.3. The third-order valence-electron chi connectivity index (χ3n) is 5.56. The molecule has 1 aliphatic rings. The number of amides is 1. The molecule has 8 nitrogen and oxygen atoms in total. The van der Waals surface area contributed by atoms with E-state index in [2.05, 4.69) is 20.3 Å². The van der Waals surface area contributed by atoms with Crippen LogP contribution in [0.1, 0.15) is 35.3 Å². The second kappa shape index (κ2) is 9.02. The number of carbonyl (C=O) groups is 1. The van der Waals surface area contributed by atoms with Crippen LogP contribution in [-0.4, -0.2) is 39.8 Å². The van der Waals surface area contributed by atoms with Gasteiger partial charge >= 0.3 is 6.18 Å². The van der Waals surface area contributed by atoms with E-state index in [0.29, 0.717) is 16.3 Å². The topological polar surface area (TPSA) is 115 Å². The minimum Gasteiger partial charge on any atom is -0.389 e. The summed E-state index contributed by atoms with van der Waals surface area (Å²) in [5, 5.41) is 7.65. The second-order valence-corrected chi connectivity index (χ2v) is 8.98. The second-order valence-electron chi connectivity index (χ2n) is 7.94. The van der Waals surface area contributed by atoms with Gasteiger partial charge in [-0.05, 0) is 31.4 Å². The molecule has 1 aromatic carbocycles. The Morgan fingerprint density at radius 3 is 2.64 bits per heavy atom. The number of hydrogen-bond acceptors (Lipinski definition) is 7. The van der Waals surface area contributed by atoms with Crippen molar-refractivity contribution in [2.24, 2.45) is 12.8 Å². The van der Waals surface area contributed by atoms with Crippen molar-refractivity contribution in [1.29, 1.82) is 0 Å². The number of benzene rings is 1. The molecule has 176 valence electrons. The van der Waals surface area contributed by atoms with Crippen molar-refractivity contribution in [3.05, 3.63) is 41.7 Å². The van der Waals surface area contributed by atoms with Gasteiger partial charge in [-0.25, -0.2) is 4.98 Å². The molecule has 1 atom stereocenters. The van der Waals surface area contributed by atoms with Crippen molar-refractivity contribution in [3.63, 3.8) is 0 Å². The van der Waals surface area contributed by atoms with Crippen LogP contribution in [0.2, 0.25) is 0 Å². The van der Waals surface area contributed by atoms with E-state index in [4.69, 9.17) is 11.5 Å². The molecule has 1 fully saturated rings. The first-order valence-electron chi connectivity index (χ1n) is 10.4. The van der Waals surface area contributed by atoms with Crippen molar-refractivity contribution in [2.45, 2.75) is 31.5 Å². The summed E-state index contributed by atoms with van der Waals surface area (Å²) in [7, 11) is 1.80. The summed E-state index contributed by atoms with van der Waals surface area (Å²) >= 11 is 1.04. The molecule has 0 radical (unpaired) electrons. The van der Waals surface area contributed by atoms with Gasteiger partial charge in [0.1, 0.15) is 15.7 Å². The Morgan fingerprint density at radius 1 is 1.21 bits per heavy atom. The minimum absolute atomic E-state index is 0.0163. The molecule has 2 aromatic heterocycles. The summed E-state index contributed by atoms with van der Waals surface area (Å²) in [4.78, 5) is 19.4. The normalized spacial score (nSPS) is 17.1. The maximum atomic E-state index is 13.0. The van der Waals surface area contributed by atoms with E-state index in [9.17, 15) is 18.0 Å². The highest BCUT2D eigenvalue weighted by atomic mass is 32.1. The molecule has 1 amide bonds. The van der Waals surface area contributed by atoms with Gasteiger partial charge in [-0.15, -0.1) is 0 Å². The Balaban J connectivity index is 1.54. The minimum atomic E-state index is -4.43. The van der Waals surface area contributed by atoms with Crippen molar-refractivity contribution in [3.8, 4) is 10.6 Å². The molecule has 4 rings (SSSR count). The average molecular weight is 480 g/mol.